The SMILES string of the molecule is Cc1cccc(CNC(=O)Nc2ccc(C(C)O)cc2)n1. The van der Waals surface area contributed by atoms with Crippen LogP contribution in [0.2, 0.25) is 0 Å². The number of carbonyl (C=O) groups excluding carboxylic acids is 1. The fraction of sp³-hybridized carbons (Fsp3) is 0.250. The molecule has 5 heteroatoms. The molecule has 2 amide bonds. The van der Waals surface area contributed by atoms with Crippen molar-refractivity contribution >= 4 is 11.7 Å². The molecule has 1 aromatic heterocycles. The Morgan fingerprint density at radius 2 is 1.95 bits per heavy atom. The Kier molecular flexibility index (Phi) is 4.90. The van der Waals surface area contributed by atoms with Crippen molar-refractivity contribution < 1.29 is 9.90 Å². The normalized spacial score (nSPS) is 11.8. The van der Waals surface area contributed by atoms with E-state index in [1.807, 2.05) is 25.1 Å². The summed E-state index contributed by atoms with van der Waals surface area (Å²) >= 11 is 0. The predicted octanol–water partition coefficient (Wildman–Crippen LogP) is 2.77. The zero-order valence-corrected chi connectivity index (χ0v) is 12.1. The summed E-state index contributed by atoms with van der Waals surface area (Å²) in [5.41, 5.74) is 3.22. The van der Waals surface area contributed by atoms with Gasteiger partial charge in [-0.15, -0.1) is 0 Å². The van der Waals surface area contributed by atoms with E-state index in [9.17, 15) is 9.90 Å². The Bertz CT molecular complexity index is 609. The first-order chi connectivity index (χ1) is 10.0. The maximum absolute atomic E-state index is 11.8. The van der Waals surface area contributed by atoms with Gasteiger partial charge in [-0.3, -0.25) is 4.98 Å². The summed E-state index contributed by atoms with van der Waals surface area (Å²) in [7, 11) is 0. The molecule has 0 aliphatic rings. The van der Waals surface area contributed by atoms with E-state index >= 15 is 0 Å². The smallest absolute Gasteiger partial charge is 0.319 e. The standard InChI is InChI=1S/C16H19N3O2/c1-11-4-3-5-15(18-11)10-17-16(21)19-14-8-6-13(7-9-14)12(2)20/h3-9,12,20H,10H2,1-2H3,(H2,17,19,21). The topological polar surface area (TPSA) is 74.2 Å². The van der Waals surface area contributed by atoms with E-state index < -0.39 is 6.10 Å². The second kappa shape index (κ2) is 6.85. The highest BCUT2D eigenvalue weighted by Crippen LogP contribution is 2.15. The number of anilines is 1. The first-order valence-electron chi connectivity index (χ1n) is 6.80. The number of aliphatic hydroxyl groups is 1. The van der Waals surface area contributed by atoms with Gasteiger partial charge in [0.2, 0.25) is 0 Å². The number of hydrogen-bond donors (Lipinski definition) is 3. The van der Waals surface area contributed by atoms with Gasteiger partial charge < -0.3 is 15.7 Å². The molecule has 1 heterocycles. The summed E-state index contributed by atoms with van der Waals surface area (Å²) in [4.78, 5) is 16.1. The van der Waals surface area contributed by atoms with Gasteiger partial charge in [0.15, 0.2) is 0 Å². The van der Waals surface area contributed by atoms with Crippen molar-refractivity contribution in [1.82, 2.24) is 10.3 Å². The van der Waals surface area contributed by atoms with E-state index in [0.29, 0.717) is 12.2 Å². The number of aliphatic hydroxyl groups excluding tert-OH is 1. The molecule has 0 saturated heterocycles. The lowest BCUT2D eigenvalue weighted by Crippen LogP contribution is -2.28. The number of rotatable bonds is 4. The van der Waals surface area contributed by atoms with Gasteiger partial charge in [0, 0.05) is 11.4 Å². The fourth-order valence-electron chi connectivity index (χ4n) is 1.89. The molecule has 0 aliphatic heterocycles. The molecular weight excluding hydrogens is 266 g/mol. The zero-order chi connectivity index (χ0) is 15.2. The summed E-state index contributed by atoms with van der Waals surface area (Å²) in [5.74, 6) is 0. The van der Waals surface area contributed by atoms with Crippen molar-refractivity contribution in [2.45, 2.75) is 26.5 Å². The number of pyridine rings is 1. The van der Waals surface area contributed by atoms with Crippen LogP contribution in [0.4, 0.5) is 10.5 Å². The van der Waals surface area contributed by atoms with Gasteiger partial charge in [-0.25, -0.2) is 4.79 Å². The fourth-order valence-corrected chi connectivity index (χ4v) is 1.89. The van der Waals surface area contributed by atoms with Gasteiger partial charge in [-0.05, 0) is 43.7 Å². The molecule has 0 spiro atoms. The number of aromatic nitrogens is 1. The molecule has 5 nitrogen and oxygen atoms in total. The quantitative estimate of drug-likeness (QED) is 0.808. The number of amides is 2. The minimum Gasteiger partial charge on any atom is -0.389 e. The molecule has 0 fully saturated rings. The third kappa shape index (κ3) is 4.57. The number of nitrogens with one attached hydrogen (secondary N) is 2. The van der Waals surface area contributed by atoms with E-state index in [1.54, 1.807) is 31.2 Å². The van der Waals surface area contributed by atoms with Crippen LogP contribution in [0.1, 0.15) is 30.0 Å². The predicted molar refractivity (Wildman–Crippen MR) is 81.9 cm³/mol. The number of aryl methyl sites for hydroxylation is 1. The molecule has 0 saturated carbocycles. The Labute approximate surface area is 124 Å². The van der Waals surface area contributed by atoms with Crippen LogP contribution in [0.5, 0.6) is 0 Å². The third-order valence-corrected chi connectivity index (χ3v) is 3.03. The lowest BCUT2D eigenvalue weighted by atomic mass is 10.1. The molecule has 110 valence electrons. The first kappa shape index (κ1) is 15.0. The molecule has 2 aromatic rings. The molecule has 1 aromatic carbocycles. The molecule has 0 aliphatic carbocycles. The lowest BCUT2D eigenvalue weighted by molar-refractivity contribution is 0.199. The van der Waals surface area contributed by atoms with Gasteiger partial charge in [0.05, 0.1) is 18.3 Å². The van der Waals surface area contributed by atoms with Gasteiger partial charge >= 0.3 is 6.03 Å². The molecule has 1 atom stereocenters. The number of carbonyl (C=O) groups is 1. The highest BCUT2D eigenvalue weighted by atomic mass is 16.3. The van der Waals surface area contributed by atoms with Crippen LogP contribution in [0.25, 0.3) is 0 Å². The van der Waals surface area contributed by atoms with Crippen LogP contribution >= 0.6 is 0 Å². The average molecular weight is 285 g/mol. The Balaban J connectivity index is 1.87. The van der Waals surface area contributed by atoms with Gasteiger partial charge in [-0.2, -0.15) is 0 Å². The van der Waals surface area contributed by atoms with Crippen LogP contribution in [-0.2, 0) is 6.54 Å². The van der Waals surface area contributed by atoms with E-state index in [0.717, 1.165) is 17.0 Å². The summed E-state index contributed by atoms with van der Waals surface area (Å²) in [6.07, 6.45) is -0.514. The van der Waals surface area contributed by atoms with Gasteiger partial charge in [0.1, 0.15) is 0 Å². The first-order valence-corrected chi connectivity index (χ1v) is 6.80. The maximum atomic E-state index is 11.8. The monoisotopic (exact) mass is 285 g/mol. The summed E-state index contributed by atoms with van der Waals surface area (Å²) < 4.78 is 0. The van der Waals surface area contributed by atoms with Crippen molar-refractivity contribution in [3.8, 4) is 0 Å². The largest absolute Gasteiger partial charge is 0.389 e. The number of hydrogen-bond acceptors (Lipinski definition) is 3. The second-order valence-corrected chi connectivity index (χ2v) is 4.88. The highest BCUT2D eigenvalue weighted by Gasteiger charge is 2.04. The zero-order valence-electron chi connectivity index (χ0n) is 12.1. The third-order valence-electron chi connectivity index (χ3n) is 3.03. The highest BCUT2D eigenvalue weighted by molar-refractivity contribution is 5.89. The van der Waals surface area contributed by atoms with Crippen LogP contribution in [-0.4, -0.2) is 16.1 Å². The Morgan fingerprint density at radius 3 is 2.57 bits per heavy atom. The van der Waals surface area contributed by atoms with Crippen molar-refractivity contribution in [2.24, 2.45) is 0 Å². The van der Waals surface area contributed by atoms with E-state index in [1.165, 1.54) is 0 Å². The summed E-state index contributed by atoms with van der Waals surface area (Å²) in [6, 6.07) is 12.5. The summed E-state index contributed by atoms with van der Waals surface area (Å²) in [6.45, 7) is 3.98. The van der Waals surface area contributed by atoms with E-state index in [2.05, 4.69) is 15.6 Å². The minimum atomic E-state index is -0.514. The molecule has 0 bridgehead atoms. The van der Waals surface area contributed by atoms with Crippen molar-refractivity contribution in [3.63, 3.8) is 0 Å². The number of benzene rings is 1. The lowest BCUT2D eigenvalue weighted by Gasteiger charge is -2.09. The maximum Gasteiger partial charge on any atom is 0.319 e. The van der Waals surface area contributed by atoms with Crippen LogP contribution in [0.3, 0.4) is 0 Å². The molecular formula is C16H19N3O2. The molecule has 3 N–H and O–H groups in total. The molecule has 0 radical (unpaired) electrons. The van der Waals surface area contributed by atoms with Crippen molar-refractivity contribution in [1.29, 1.82) is 0 Å². The van der Waals surface area contributed by atoms with Crippen molar-refractivity contribution in [3.05, 3.63) is 59.4 Å². The van der Waals surface area contributed by atoms with E-state index in [-0.39, 0.29) is 6.03 Å². The molecule has 21 heavy (non-hydrogen) atoms. The number of urea groups is 1. The second-order valence-electron chi connectivity index (χ2n) is 4.88. The van der Waals surface area contributed by atoms with Gasteiger partial charge in [0.25, 0.3) is 0 Å². The van der Waals surface area contributed by atoms with Gasteiger partial charge in [-0.1, -0.05) is 18.2 Å². The van der Waals surface area contributed by atoms with Crippen molar-refractivity contribution in [2.75, 3.05) is 5.32 Å². The number of nitrogens with zero attached hydrogens (tertiary/aromatic N) is 1. The molecule has 2 rings (SSSR count). The Morgan fingerprint density at radius 1 is 1.24 bits per heavy atom. The minimum absolute atomic E-state index is 0.289. The Hall–Kier alpha value is -2.40. The van der Waals surface area contributed by atoms with E-state index in [4.69, 9.17) is 0 Å². The van der Waals surface area contributed by atoms with Crippen LogP contribution < -0.4 is 10.6 Å². The van der Waals surface area contributed by atoms with Crippen LogP contribution in [0.15, 0.2) is 42.5 Å². The molecule has 1 unspecified atom stereocenters. The average Bonchev–Trinajstić information content (AvgIpc) is 2.46. The van der Waals surface area contributed by atoms with Crippen LogP contribution in [0, 0.1) is 6.92 Å². The summed E-state index contributed by atoms with van der Waals surface area (Å²) in [5, 5.41) is 14.9.